The van der Waals surface area contributed by atoms with Crippen molar-refractivity contribution in [2.75, 3.05) is 13.2 Å². The lowest BCUT2D eigenvalue weighted by molar-refractivity contribution is -0.180. The minimum Gasteiger partial charge on any atom is -0.463 e. The van der Waals surface area contributed by atoms with Gasteiger partial charge in [0.15, 0.2) is 0 Å². The van der Waals surface area contributed by atoms with E-state index in [2.05, 4.69) is 13.5 Å². The Morgan fingerprint density at radius 2 is 2.17 bits per heavy atom. The van der Waals surface area contributed by atoms with Crippen LogP contribution in [0.4, 0.5) is 0 Å². The first kappa shape index (κ1) is 17.5. The number of amides is 1. The summed E-state index contributed by atoms with van der Waals surface area (Å²) in [4.78, 5) is 28.0. The monoisotopic (exact) mass is 335 g/mol. The van der Waals surface area contributed by atoms with E-state index < -0.39 is 22.7 Å². The van der Waals surface area contributed by atoms with Gasteiger partial charge in [0, 0.05) is 17.9 Å². The maximum absolute atomic E-state index is 13.3. The fourth-order valence-electron chi connectivity index (χ4n) is 5.27. The Morgan fingerprint density at radius 3 is 2.79 bits per heavy atom. The number of nitrogens with zero attached hydrogens (tertiary/aromatic N) is 1. The van der Waals surface area contributed by atoms with Gasteiger partial charge >= 0.3 is 5.97 Å². The summed E-state index contributed by atoms with van der Waals surface area (Å²) in [6, 6.07) is 0. The molecule has 2 saturated heterocycles. The van der Waals surface area contributed by atoms with E-state index in [-0.39, 0.29) is 18.4 Å². The highest BCUT2D eigenvalue weighted by atomic mass is 16.6. The number of carbonyl (C=O) groups is 2. The summed E-state index contributed by atoms with van der Waals surface area (Å²) in [5.74, 6) is -0.138. The molecular formula is C19H29NO4. The Labute approximate surface area is 144 Å². The van der Waals surface area contributed by atoms with Crippen LogP contribution in [0.15, 0.2) is 12.7 Å². The van der Waals surface area contributed by atoms with E-state index in [1.807, 2.05) is 18.7 Å². The SMILES string of the molecule is C=CCCN1C(=O)[C@@]2(C(=O)OCC)O[C@@]13C[C@@H](C)CC[C@@H]3C2(C)C. The predicted molar refractivity (Wildman–Crippen MR) is 90.0 cm³/mol. The van der Waals surface area contributed by atoms with Gasteiger partial charge in [0.1, 0.15) is 5.72 Å². The topological polar surface area (TPSA) is 55.8 Å². The number of carbonyl (C=O) groups excluding carboxylic acids is 2. The van der Waals surface area contributed by atoms with Crippen molar-refractivity contribution in [2.24, 2.45) is 17.3 Å². The highest BCUT2D eigenvalue weighted by Gasteiger charge is 2.82. The molecule has 0 radical (unpaired) electrons. The Balaban J connectivity index is 2.11. The second-order valence-electron chi connectivity index (χ2n) is 8.04. The van der Waals surface area contributed by atoms with Crippen molar-refractivity contribution in [3.63, 3.8) is 0 Å². The minimum absolute atomic E-state index is 0.146. The zero-order valence-corrected chi connectivity index (χ0v) is 15.3. The van der Waals surface area contributed by atoms with Crippen LogP contribution in [-0.4, -0.2) is 41.3 Å². The van der Waals surface area contributed by atoms with Crippen LogP contribution in [0.1, 0.15) is 53.4 Å². The lowest BCUT2D eigenvalue weighted by atomic mass is 9.58. The van der Waals surface area contributed by atoms with E-state index in [0.29, 0.717) is 18.9 Å². The largest absolute Gasteiger partial charge is 0.463 e. The van der Waals surface area contributed by atoms with E-state index in [4.69, 9.17) is 9.47 Å². The molecule has 5 heteroatoms. The molecule has 0 aromatic heterocycles. The first-order valence-corrected chi connectivity index (χ1v) is 9.08. The average Bonchev–Trinajstić information content (AvgIpc) is 2.87. The number of ether oxygens (including phenoxy) is 2. The van der Waals surface area contributed by atoms with Gasteiger partial charge in [0.25, 0.3) is 11.5 Å². The fraction of sp³-hybridized carbons (Fsp3) is 0.789. The van der Waals surface area contributed by atoms with Gasteiger partial charge in [-0.3, -0.25) is 4.79 Å². The van der Waals surface area contributed by atoms with Gasteiger partial charge in [0.05, 0.1) is 6.61 Å². The maximum Gasteiger partial charge on any atom is 0.349 e. The van der Waals surface area contributed by atoms with Gasteiger partial charge in [-0.1, -0.05) is 33.3 Å². The number of esters is 1. The Morgan fingerprint density at radius 1 is 1.46 bits per heavy atom. The summed E-state index contributed by atoms with van der Waals surface area (Å²) >= 11 is 0. The molecule has 1 amide bonds. The number of rotatable bonds is 5. The molecule has 24 heavy (non-hydrogen) atoms. The third kappa shape index (κ3) is 1.91. The van der Waals surface area contributed by atoms with Crippen molar-refractivity contribution in [1.29, 1.82) is 0 Å². The molecule has 0 N–H and O–H groups in total. The molecule has 3 fully saturated rings. The molecule has 2 heterocycles. The van der Waals surface area contributed by atoms with Crippen LogP contribution >= 0.6 is 0 Å². The highest BCUT2D eigenvalue weighted by molar-refractivity contribution is 6.10. The average molecular weight is 335 g/mol. The zero-order chi connectivity index (χ0) is 17.8. The molecule has 3 aliphatic rings. The summed E-state index contributed by atoms with van der Waals surface area (Å²) in [5.41, 5.74) is -2.74. The normalized spacial score (nSPS) is 39.7. The third-order valence-corrected chi connectivity index (χ3v) is 6.36. The van der Waals surface area contributed by atoms with Gasteiger partial charge in [-0.05, 0) is 32.1 Å². The van der Waals surface area contributed by atoms with Crippen molar-refractivity contribution >= 4 is 11.9 Å². The van der Waals surface area contributed by atoms with Crippen LogP contribution in [0.2, 0.25) is 0 Å². The zero-order valence-electron chi connectivity index (χ0n) is 15.3. The molecule has 1 aliphatic carbocycles. The van der Waals surface area contributed by atoms with Gasteiger partial charge in [-0.15, -0.1) is 6.58 Å². The van der Waals surface area contributed by atoms with Crippen molar-refractivity contribution in [1.82, 2.24) is 4.90 Å². The minimum atomic E-state index is -1.50. The van der Waals surface area contributed by atoms with Gasteiger partial charge < -0.3 is 14.4 Å². The summed E-state index contributed by atoms with van der Waals surface area (Å²) < 4.78 is 11.7. The molecule has 2 aliphatic heterocycles. The molecule has 134 valence electrons. The molecule has 5 nitrogen and oxygen atoms in total. The van der Waals surface area contributed by atoms with Crippen LogP contribution < -0.4 is 0 Å². The summed E-state index contributed by atoms with van der Waals surface area (Å²) in [6.45, 7) is 12.5. The van der Waals surface area contributed by atoms with Crippen molar-refractivity contribution in [3.8, 4) is 0 Å². The molecular weight excluding hydrogens is 306 g/mol. The molecule has 4 atom stereocenters. The lowest BCUT2D eigenvalue weighted by Crippen LogP contribution is -2.66. The van der Waals surface area contributed by atoms with Crippen LogP contribution in [-0.2, 0) is 19.1 Å². The van der Waals surface area contributed by atoms with Crippen LogP contribution in [0.5, 0.6) is 0 Å². The van der Waals surface area contributed by atoms with Crippen LogP contribution in [0.3, 0.4) is 0 Å². The molecule has 0 aromatic carbocycles. The molecule has 3 rings (SSSR count). The van der Waals surface area contributed by atoms with E-state index in [9.17, 15) is 9.59 Å². The number of hydrogen-bond donors (Lipinski definition) is 0. The first-order valence-electron chi connectivity index (χ1n) is 9.08. The smallest absolute Gasteiger partial charge is 0.349 e. The highest BCUT2D eigenvalue weighted by Crippen LogP contribution is 2.67. The van der Waals surface area contributed by atoms with E-state index >= 15 is 0 Å². The number of fused-ring (bicyclic) bond motifs is 1. The molecule has 1 spiro atoms. The van der Waals surface area contributed by atoms with Crippen molar-refractivity contribution in [3.05, 3.63) is 12.7 Å². The van der Waals surface area contributed by atoms with Crippen molar-refractivity contribution < 1.29 is 19.1 Å². The Hall–Kier alpha value is -1.36. The second-order valence-corrected chi connectivity index (χ2v) is 8.04. The molecule has 0 unspecified atom stereocenters. The van der Waals surface area contributed by atoms with E-state index in [1.165, 1.54) is 0 Å². The van der Waals surface area contributed by atoms with Gasteiger partial charge in [0.2, 0.25) is 0 Å². The maximum atomic E-state index is 13.3. The fourth-order valence-corrected chi connectivity index (χ4v) is 5.27. The predicted octanol–water partition coefficient (Wildman–Crippen LogP) is 2.90. The summed E-state index contributed by atoms with van der Waals surface area (Å²) in [5, 5.41) is 0. The van der Waals surface area contributed by atoms with Crippen molar-refractivity contribution in [2.45, 2.75) is 64.7 Å². The standard InChI is InChI=1S/C19H29NO4/c1-6-8-11-20-15(21)19(16(22)23-7-2)17(4,5)14-10-9-13(3)12-18(14,20)24-19/h6,13-14H,1,7-12H2,2-5H3/t13-,14+,18+,19-/m0/s1. The molecule has 0 aromatic rings. The summed E-state index contributed by atoms with van der Waals surface area (Å²) in [7, 11) is 0. The van der Waals surface area contributed by atoms with E-state index in [0.717, 1.165) is 19.3 Å². The molecule has 2 bridgehead atoms. The number of hydrogen-bond acceptors (Lipinski definition) is 4. The van der Waals surface area contributed by atoms with Crippen LogP contribution in [0.25, 0.3) is 0 Å². The first-order chi connectivity index (χ1) is 11.3. The second kappa shape index (κ2) is 5.58. The Bertz CT molecular complexity index is 572. The summed E-state index contributed by atoms with van der Waals surface area (Å²) in [6.07, 6.45) is 5.34. The lowest BCUT2D eigenvalue weighted by Gasteiger charge is -2.52. The Kier molecular flexibility index (Phi) is 4.06. The van der Waals surface area contributed by atoms with Gasteiger partial charge in [-0.2, -0.15) is 0 Å². The quantitative estimate of drug-likeness (QED) is 0.440. The number of likely N-dealkylation sites (tertiary alicyclic amines) is 1. The van der Waals surface area contributed by atoms with E-state index in [1.54, 1.807) is 13.0 Å². The number of piperidine rings is 1. The van der Waals surface area contributed by atoms with Gasteiger partial charge in [-0.25, -0.2) is 4.79 Å². The molecule has 1 saturated carbocycles. The third-order valence-electron chi connectivity index (χ3n) is 6.36. The van der Waals surface area contributed by atoms with Crippen LogP contribution in [0, 0.1) is 17.3 Å².